The van der Waals surface area contributed by atoms with Crippen LogP contribution in [0.1, 0.15) is 16.7 Å². The van der Waals surface area contributed by atoms with Gasteiger partial charge in [0.1, 0.15) is 12.6 Å². The summed E-state index contributed by atoms with van der Waals surface area (Å²) < 4.78 is 29.8. The van der Waals surface area contributed by atoms with Crippen molar-refractivity contribution >= 4 is 66.7 Å². The van der Waals surface area contributed by atoms with Crippen LogP contribution in [-0.2, 0) is 32.6 Å². The monoisotopic (exact) mass is 701 g/mol. The summed E-state index contributed by atoms with van der Waals surface area (Å²) in [5.74, 6) is -1.04. The molecule has 11 heteroatoms. The second-order valence-electron chi connectivity index (χ2n) is 9.85. The maximum atomic E-state index is 14.4. The van der Waals surface area contributed by atoms with Crippen molar-refractivity contribution in [3.8, 4) is 0 Å². The zero-order valence-corrected chi connectivity index (χ0v) is 27.4. The van der Waals surface area contributed by atoms with E-state index in [9.17, 15) is 18.0 Å². The minimum Gasteiger partial charge on any atom is -0.357 e. The smallest absolute Gasteiger partial charge is 0.264 e. The largest absolute Gasteiger partial charge is 0.357 e. The van der Waals surface area contributed by atoms with Crippen LogP contribution in [0, 0.1) is 6.92 Å². The van der Waals surface area contributed by atoms with E-state index in [-0.39, 0.29) is 23.5 Å². The zero-order chi connectivity index (χ0) is 31.1. The number of anilines is 1. The number of carbonyl (C=O) groups is 2. The number of sulfonamides is 1. The Labute approximate surface area is 270 Å². The lowest BCUT2D eigenvalue weighted by Gasteiger charge is -2.34. The summed E-state index contributed by atoms with van der Waals surface area (Å²) in [6, 6.07) is 26.3. The number of benzene rings is 4. The maximum absolute atomic E-state index is 14.4. The van der Waals surface area contributed by atoms with Gasteiger partial charge >= 0.3 is 0 Å². The number of carbonyl (C=O) groups excluding carboxylic acids is 2. The van der Waals surface area contributed by atoms with Gasteiger partial charge in [-0.05, 0) is 55.0 Å². The van der Waals surface area contributed by atoms with Gasteiger partial charge < -0.3 is 10.2 Å². The van der Waals surface area contributed by atoms with E-state index in [0.717, 1.165) is 15.4 Å². The molecule has 0 heterocycles. The molecule has 0 saturated heterocycles. The Morgan fingerprint density at radius 1 is 0.884 bits per heavy atom. The number of amides is 2. The summed E-state index contributed by atoms with van der Waals surface area (Å²) in [4.78, 5) is 29.1. The molecule has 0 radical (unpaired) electrons. The molecule has 0 unspecified atom stereocenters. The van der Waals surface area contributed by atoms with Crippen LogP contribution in [0.25, 0.3) is 0 Å². The van der Waals surface area contributed by atoms with Gasteiger partial charge in [0.15, 0.2) is 0 Å². The van der Waals surface area contributed by atoms with Gasteiger partial charge in [-0.25, -0.2) is 8.42 Å². The second kappa shape index (κ2) is 14.4. The highest BCUT2D eigenvalue weighted by Crippen LogP contribution is 2.30. The van der Waals surface area contributed by atoms with Crippen molar-refractivity contribution in [3.05, 3.63) is 128 Å². The first-order chi connectivity index (χ1) is 20.5. The molecule has 4 rings (SSSR count). The number of hydrogen-bond donors (Lipinski definition) is 1. The van der Waals surface area contributed by atoms with Crippen molar-refractivity contribution in [2.75, 3.05) is 17.9 Å². The standard InChI is InChI=1S/C32H30BrCl2N3O4S/c1-22-14-16-26(17-15-22)43(41,42)38(25-11-6-10-24(33)19-25)21-31(39)37(20-27-28(34)12-7-13-29(27)35)30(32(40)36-2)18-23-8-4-3-5-9-23/h3-17,19,30H,18,20-21H2,1-2H3,(H,36,40)/t30-/m0/s1. The SMILES string of the molecule is CNC(=O)[C@H](Cc1ccccc1)N(Cc1c(Cl)cccc1Cl)C(=O)CN(c1cccc(Br)c1)S(=O)(=O)c1ccc(C)cc1. The predicted molar refractivity (Wildman–Crippen MR) is 175 cm³/mol. The van der Waals surface area contributed by atoms with E-state index in [1.54, 1.807) is 54.6 Å². The molecule has 0 aliphatic rings. The summed E-state index contributed by atoms with van der Waals surface area (Å²) >= 11 is 16.4. The minimum absolute atomic E-state index is 0.0266. The number of likely N-dealkylation sites (N-methyl/N-ethyl adjacent to an activating group) is 1. The molecule has 0 fully saturated rings. The lowest BCUT2D eigenvalue weighted by molar-refractivity contribution is -0.139. The van der Waals surface area contributed by atoms with Crippen LogP contribution < -0.4 is 9.62 Å². The first kappa shape index (κ1) is 32.5. The Kier molecular flexibility index (Phi) is 10.9. The van der Waals surface area contributed by atoms with Gasteiger partial charge in [-0.1, -0.05) is 99.3 Å². The molecule has 0 aromatic heterocycles. The molecule has 0 aliphatic carbocycles. The normalized spacial score (nSPS) is 11.9. The van der Waals surface area contributed by atoms with E-state index in [4.69, 9.17) is 23.2 Å². The van der Waals surface area contributed by atoms with E-state index in [0.29, 0.717) is 20.1 Å². The van der Waals surface area contributed by atoms with Crippen LogP contribution in [0.15, 0.2) is 106 Å². The minimum atomic E-state index is -4.20. The predicted octanol–water partition coefficient (Wildman–Crippen LogP) is 6.65. The molecule has 43 heavy (non-hydrogen) atoms. The van der Waals surface area contributed by atoms with Crippen LogP contribution in [0.5, 0.6) is 0 Å². The zero-order valence-electron chi connectivity index (χ0n) is 23.5. The van der Waals surface area contributed by atoms with E-state index >= 15 is 0 Å². The van der Waals surface area contributed by atoms with Crippen LogP contribution in [0.2, 0.25) is 10.0 Å². The van der Waals surface area contributed by atoms with E-state index in [2.05, 4.69) is 21.2 Å². The quantitative estimate of drug-likeness (QED) is 0.190. The fraction of sp³-hybridized carbons (Fsp3) is 0.188. The molecule has 1 N–H and O–H groups in total. The molecule has 4 aromatic rings. The fourth-order valence-corrected chi connectivity index (χ4v) is 6.88. The number of rotatable bonds is 11. The van der Waals surface area contributed by atoms with Gasteiger partial charge in [0.25, 0.3) is 10.0 Å². The third kappa shape index (κ3) is 7.97. The maximum Gasteiger partial charge on any atom is 0.264 e. The van der Waals surface area contributed by atoms with E-state index < -0.39 is 34.4 Å². The number of hydrogen-bond acceptors (Lipinski definition) is 4. The van der Waals surface area contributed by atoms with Gasteiger partial charge in [0.2, 0.25) is 11.8 Å². The summed E-state index contributed by atoms with van der Waals surface area (Å²) in [6.45, 7) is 1.14. The van der Waals surface area contributed by atoms with Crippen LogP contribution in [0.3, 0.4) is 0 Å². The second-order valence-corrected chi connectivity index (χ2v) is 13.4. The molecule has 4 aromatic carbocycles. The van der Waals surface area contributed by atoms with Gasteiger partial charge in [-0.2, -0.15) is 0 Å². The van der Waals surface area contributed by atoms with Crippen LogP contribution >= 0.6 is 39.1 Å². The third-order valence-electron chi connectivity index (χ3n) is 6.89. The summed E-state index contributed by atoms with van der Waals surface area (Å²) in [5.41, 5.74) is 2.42. The van der Waals surface area contributed by atoms with Crippen molar-refractivity contribution < 1.29 is 18.0 Å². The van der Waals surface area contributed by atoms with Crippen LogP contribution in [-0.4, -0.2) is 44.8 Å². The lowest BCUT2D eigenvalue weighted by atomic mass is 10.0. The molecule has 2 amide bonds. The number of nitrogens with zero attached hydrogens (tertiary/aromatic N) is 2. The average molecular weight is 703 g/mol. The average Bonchev–Trinajstić information content (AvgIpc) is 2.99. The van der Waals surface area contributed by atoms with Gasteiger partial charge in [-0.3, -0.25) is 13.9 Å². The van der Waals surface area contributed by atoms with Crippen molar-refractivity contribution in [1.29, 1.82) is 0 Å². The highest BCUT2D eigenvalue weighted by molar-refractivity contribution is 9.10. The van der Waals surface area contributed by atoms with Gasteiger partial charge in [-0.15, -0.1) is 0 Å². The van der Waals surface area contributed by atoms with Crippen molar-refractivity contribution in [2.45, 2.75) is 30.8 Å². The van der Waals surface area contributed by atoms with Crippen molar-refractivity contribution in [3.63, 3.8) is 0 Å². The molecular formula is C32H30BrCl2N3O4S. The van der Waals surface area contributed by atoms with Crippen LogP contribution in [0.4, 0.5) is 5.69 Å². The summed E-state index contributed by atoms with van der Waals surface area (Å²) in [7, 11) is -2.72. The highest BCUT2D eigenvalue weighted by atomic mass is 79.9. The van der Waals surface area contributed by atoms with Crippen molar-refractivity contribution in [1.82, 2.24) is 10.2 Å². The molecule has 0 spiro atoms. The Bertz CT molecular complexity index is 1680. The lowest BCUT2D eigenvalue weighted by Crippen LogP contribution is -2.53. The Balaban J connectivity index is 1.82. The molecule has 224 valence electrons. The molecule has 1 atom stereocenters. The van der Waals surface area contributed by atoms with Crippen molar-refractivity contribution in [2.24, 2.45) is 0 Å². The Morgan fingerprint density at radius 3 is 2.12 bits per heavy atom. The number of halogens is 3. The van der Waals surface area contributed by atoms with E-state index in [1.807, 2.05) is 37.3 Å². The topological polar surface area (TPSA) is 86.8 Å². The first-order valence-electron chi connectivity index (χ1n) is 13.3. The van der Waals surface area contributed by atoms with E-state index in [1.165, 1.54) is 24.1 Å². The number of nitrogens with one attached hydrogen (secondary N) is 1. The highest BCUT2D eigenvalue weighted by Gasteiger charge is 2.35. The molecule has 7 nitrogen and oxygen atoms in total. The van der Waals surface area contributed by atoms with Gasteiger partial charge in [0, 0.05) is 40.1 Å². The van der Waals surface area contributed by atoms with Gasteiger partial charge in [0.05, 0.1) is 10.6 Å². The number of aryl methyl sites for hydroxylation is 1. The first-order valence-corrected chi connectivity index (χ1v) is 16.3. The molecule has 0 saturated carbocycles. The molecular weight excluding hydrogens is 673 g/mol. The summed E-state index contributed by atoms with van der Waals surface area (Å²) in [6.07, 6.45) is 0.177. The fourth-order valence-electron chi connectivity index (χ4n) is 4.57. The molecule has 0 aliphatic heterocycles. The Morgan fingerprint density at radius 2 is 1.51 bits per heavy atom. The third-order valence-corrected chi connectivity index (χ3v) is 9.88. The molecule has 0 bridgehead atoms. The summed E-state index contributed by atoms with van der Waals surface area (Å²) in [5, 5.41) is 3.29. The Hall–Kier alpha value is -3.37.